The maximum absolute atomic E-state index is 12.0. The number of carbonyl (C=O) groups excluding carboxylic acids is 1. The van der Waals surface area contributed by atoms with Crippen LogP contribution in [0.2, 0.25) is 0 Å². The summed E-state index contributed by atoms with van der Waals surface area (Å²) in [5, 5.41) is 9.02. The van der Waals surface area contributed by atoms with Gasteiger partial charge in [-0.1, -0.05) is 0 Å². The van der Waals surface area contributed by atoms with E-state index in [1.54, 1.807) is 6.20 Å². The molecule has 0 radical (unpaired) electrons. The standard InChI is InChI=1S/C13H23N3O3/c1-13(2,3)19-12(18)16-9-10(5-4-7-14)15-11(16)6-8-17/h9,17H,4-8,14H2,1-3H3. The van der Waals surface area contributed by atoms with Crippen molar-refractivity contribution in [3.05, 3.63) is 17.7 Å². The SMILES string of the molecule is CC(C)(C)OC(=O)n1cc(CCCN)nc1CCO. The van der Waals surface area contributed by atoms with E-state index in [1.165, 1.54) is 4.57 Å². The molecule has 3 N–H and O–H groups in total. The average Bonchev–Trinajstić information content (AvgIpc) is 2.68. The number of aryl methyl sites for hydroxylation is 1. The molecule has 0 fully saturated rings. The van der Waals surface area contributed by atoms with Crippen LogP contribution in [0.25, 0.3) is 0 Å². The van der Waals surface area contributed by atoms with Crippen molar-refractivity contribution in [1.29, 1.82) is 0 Å². The molecule has 108 valence electrons. The quantitative estimate of drug-likeness (QED) is 0.835. The van der Waals surface area contributed by atoms with Crippen LogP contribution in [-0.2, 0) is 17.6 Å². The average molecular weight is 269 g/mol. The third-order valence-electron chi connectivity index (χ3n) is 2.39. The summed E-state index contributed by atoms with van der Waals surface area (Å²) in [5.74, 6) is 0.517. The van der Waals surface area contributed by atoms with Gasteiger partial charge in [-0.05, 0) is 40.2 Å². The summed E-state index contributed by atoms with van der Waals surface area (Å²) in [5.41, 5.74) is 5.69. The Morgan fingerprint density at radius 1 is 1.47 bits per heavy atom. The Bertz CT molecular complexity index is 421. The summed E-state index contributed by atoms with van der Waals surface area (Å²) >= 11 is 0. The van der Waals surface area contributed by atoms with Gasteiger partial charge in [0.1, 0.15) is 11.4 Å². The van der Waals surface area contributed by atoms with E-state index in [1.807, 2.05) is 20.8 Å². The van der Waals surface area contributed by atoms with E-state index in [-0.39, 0.29) is 6.61 Å². The Kier molecular flexibility index (Phi) is 5.50. The molecule has 0 amide bonds. The maximum atomic E-state index is 12.0. The van der Waals surface area contributed by atoms with Gasteiger partial charge in [0.25, 0.3) is 0 Å². The van der Waals surface area contributed by atoms with Crippen molar-refractivity contribution < 1.29 is 14.6 Å². The fourth-order valence-electron chi connectivity index (χ4n) is 1.62. The molecule has 19 heavy (non-hydrogen) atoms. The third kappa shape index (κ3) is 5.00. The molecule has 0 spiro atoms. The molecule has 0 bridgehead atoms. The van der Waals surface area contributed by atoms with E-state index in [0.29, 0.717) is 25.2 Å². The number of nitrogens with two attached hydrogens (primary N) is 1. The van der Waals surface area contributed by atoms with Crippen molar-refractivity contribution in [2.75, 3.05) is 13.2 Å². The maximum Gasteiger partial charge on any atom is 0.420 e. The van der Waals surface area contributed by atoms with Gasteiger partial charge < -0.3 is 15.6 Å². The van der Waals surface area contributed by atoms with Gasteiger partial charge in [-0.15, -0.1) is 0 Å². The Hall–Kier alpha value is -1.40. The molecule has 0 saturated carbocycles. The predicted molar refractivity (Wildman–Crippen MR) is 72.0 cm³/mol. The topological polar surface area (TPSA) is 90.4 Å². The number of aromatic nitrogens is 2. The number of hydrogen-bond donors (Lipinski definition) is 2. The largest absolute Gasteiger partial charge is 0.443 e. The first-order chi connectivity index (χ1) is 8.87. The van der Waals surface area contributed by atoms with Crippen molar-refractivity contribution in [3.8, 4) is 0 Å². The summed E-state index contributed by atoms with van der Waals surface area (Å²) in [7, 11) is 0. The zero-order valence-electron chi connectivity index (χ0n) is 11.8. The lowest BCUT2D eigenvalue weighted by Crippen LogP contribution is -2.28. The van der Waals surface area contributed by atoms with Crippen molar-refractivity contribution in [3.63, 3.8) is 0 Å². The van der Waals surface area contributed by atoms with E-state index in [2.05, 4.69) is 4.98 Å². The van der Waals surface area contributed by atoms with Crippen LogP contribution < -0.4 is 5.73 Å². The Labute approximate surface area is 113 Å². The highest BCUT2D eigenvalue weighted by Crippen LogP contribution is 2.12. The van der Waals surface area contributed by atoms with Crippen LogP contribution in [0.1, 0.15) is 38.7 Å². The monoisotopic (exact) mass is 269 g/mol. The molecule has 0 aromatic carbocycles. The number of ether oxygens (including phenoxy) is 1. The molecule has 1 aromatic heterocycles. The first kappa shape index (κ1) is 15.7. The van der Waals surface area contributed by atoms with Crippen molar-refractivity contribution in [2.24, 2.45) is 5.73 Å². The zero-order chi connectivity index (χ0) is 14.5. The lowest BCUT2D eigenvalue weighted by Gasteiger charge is -2.19. The molecule has 1 aromatic rings. The van der Waals surface area contributed by atoms with Gasteiger partial charge in [0.05, 0.1) is 12.3 Å². The minimum absolute atomic E-state index is 0.0594. The number of imidazole rings is 1. The second-order valence-corrected chi connectivity index (χ2v) is 5.36. The third-order valence-corrected chi connectivity index (χ3v) is 2.39. The summed E-state index contributed by atoms with van der Waals surface area (Å²) in [6.07, 6.45) is 3.04. The summed E-state index contributed by atoms with van der Waals surface area (Å²) in [4.78, 5) is 16.4. The lowest BCUT2D eigenvalue weighted by molar-refractivity contribution is 0.0531. The van der Waals surface area contributed by atoms with Gasteiger partial charge in [0, 0.05) is 12.6 Å². The van der Waals surface area contributed by atoms with Gasteiger partial charge >= 0.3 is 6.09 Å². The molecule has 6 heteroatoms. The number of aliphatic hydroxyl groups is 1. The second kappa shape index (κ2) is 6.68. The molecule has 0 atom stereocenters. The fraction of sp³-hybridized carbons (Fsp3) is 0.692. The first-order valence-electron chi connectivity index (χ1n) is 6.49. The predicted octanol–water partition coefficient (Wildman–Crippen LogP) is 1.09. The number of nitrogens with zero attached hydrogens (tertiary/aromatic N) is 2. The van der Waals surface area contributed by atoms with Crippen molar-refractivity contribution in [2.45, 2.75) is 45.6 Å². The fourth-order valence-corrected chi connectivity index (χ4v) is 1.62. The smallest absolute Gasteiger partial charge is 0.420 e. The minimum atomic E-state index is -0.560. The molecule has 0 aliphatic heterocycles. The molecule has 0 aliphatic rings. The minimum Gasteiger partial charge on any atom is -0.443 e. The molecular formula is C13H23N3O3. The van der Waals surface area contributed by atoms with E-state index in [9.17, 15) is 4.79 Å². The van der Waals surface area contributed by atoms with Crippen LogP contribution in [0.3, 0.4) is 0 Å². The zero-order valence-corrected chi connectivity index (χ0v) is 11.8. The van der Waals surface area contributed by atoms with Crippen LogP contribution in [-0.4, -0.2) is 39.5 Å². The summed E-state index contributed by atoms with van der Waals surface area (Å²) in [6.45, 7) is 5.94. The summed E-state index contributed by atoms with van der Waals surface area (Å²) in [6, 6.07) is 0. The molecule has 0 unspecified atom stereocenters. The number of hydrogen-bond acceptors (Lipinski definition) is 5. The van der Waals surface area contributed by atoms with Gasteiger partial charge in [-0.3, -0.25) is 0 Å². The number of aliphatic hydroxyl groups excluding tert-OH is 1. The molecule has 0 aliphatic carbocycles. The molecular weight excluding hydrogens is 246 g/mol. The van der Waals surface area contributed by atoms with Crippen LogP contribution in [0, 0.1) is 0 Å². The Morgan fingerprint density at radius 2 is 2.16 bits per heavy atom. The Balaban J connectivity index is 2.90. The van der Waals surface area contributed by atoms with Gasteiger partial charge in [0.2, 0.25) is 0 Å². The highest BCUT2D eigenvalue weighted by molar-refractivity contribution is 5.71. The summed E-state index contributed by atoms with van der Waals surface area (Å²) < 4.78 is 6.67. The van der Waals surface area contributed by atoms with Gasteiger partial charge in [0.15, 0.2) is 0 Å². The van der Waals surface area contributed by atoms with E-state index < -0.39 is 11.7 Å². The molecule has 1 rings (SSSR count). The Morgan fingerprint density at radius 3 is 2.68 bits per heavy atom. The lowest BCUT2D eigenvalue weighted by atomic mass is 10.2. The number of carbonyl (C=O) groups is 1. The van der Waals surface area contributed by atoms with Crippen molar-refractivity contribution >= 4 is 6.09 Å². The van der Waals surface area contributed by atoms with Gasteiger partial charge in [-0.2, -0.15) is 0 Å². The second-order valence-electron chi connectivity index (χ2n) is 5.36. The van der Waals surface area contributed by atoms with Gasteiger partial charge in [-0.25, -0.2) is 14.3 Å². The molecule has 6 nitrogen and oxygen atoms in total. The molecule has 0 saturated heterocycles. The normalized spacial score (nSPS) is 11.6. The van der Waals surface area contributed by atoms with Crippen molar-refractivity contribution in [1.82, 2.24) is 9.55 Å². The van der Waals surface area contributed by atoms with Crippen LogP contribution in [0.15, 0.2) is 6.20 Å². The number of rotatable bonds is 5. The van der Waals surface area contributed by atoms with E-state index >= 15 is 0 Å². The van der Waals surface area contributed by atoms with Crippen LogP contribution in [0.4, 0.5) is 4.79 Å². The highest BCUT2D eigenvalue weighted by atomic mass is 16.6. The van der Waals surface area contributed by atoms with Crippen LogP contribution >= 0.6 is 0 Å². The van der Waals surface area contributed by atoms with E-state index in [4.69, 9.17) is 15.6 Å². The first-order valence-corrected chi connectivity index (χ1v) is 6.49. The highest BCUT2D eigenvalue weighted by Gasteiger charge is 2.21. The van der Waals surface area contributed by atoms with E-state index in [0.717, 1.165) is 12.1 Å². The van der Waals surface area contributed by atoms with Crippen LogP contribution in [0.5, 0.6) is 0 Å². The molecule has 1 heterocycles.